The zero-order chi connectivity index (χ0) is 31.2. The lowest BCUT2D eigenvalue weighted by Crippen LogP contribution is -2.57. The van der Waals surface area contributed by atoms with Crippen LogP contribution in [0.5, 0.6) is 0 Å². The predicted molar refractivity (Wildman–Crippen MR) is 156 cm³/mol. The number of nitrogens with one attached hydrogen (secondary N) is 7. The number of guanidine groups is 2. The van der Waals surface area contributed by atoms with Gasteiger partial charge in [-0.05, 0) is 77.3 Å². The van der Waals surface area contributed by atoms with Gasteiger partial charge in [-0.3, -0.25) is 25.2 Å². The summed E-state index contributed by atoms with van der Waals surface area (Å²) in [5.74, 6) is -3.51. The van der Waals surface area contributed by atoms with Crippen LogP contribution in [-0.2, 0) is 19.2 Å². The smallest absolute Gasteiger partial charge is 0.326 e. The molecule has 0 unspecified atom stereocenters. The van der Waals surface area contributed by atoms with Gasteiger partial charge in [0.2, 0.25) is 17.7 Å². The van der Waals surface area contributed by atoms with Gasteiger partial charge in [0, 0.05) is 13.1 Å². The summed E-state index contributed by atoms with van der Waals surface area (Å²) in [4.78, 5) is 50.8. The maximum Gasteiger partial charge on any atom is 0.326 e. The first-order valence-corrected chi connectivity index (χ1v) is 13.9. The third kappa shape index (κ3) is 18.3. The predicted octanol–water partition coefficient (Wildman–Crippen LogP) is -3.36. The van der Waals surface area contributed by atoms with Crippen molar-refractivity contribution in [2.75, 3.05) is 26.2 Å². The van der Waals surface area contributed by atoms with Crippen molar-refractivity contribution in [3.05, 3.63) is 0 Å². The fourth-order valence-electron chi connectivity index (χ4n) is 3.81. The summed E-state index contributed by atoms with van der Waals surface area (Å²) in [6.45, 7) is 1.39. The molecule has 17 heteroatoms. The second-order valence-electron chi connectivity index (χ2n) is 9.66. The molecule has 0 bridgehead atoms. The van der Waals surface area contributed by atoms with Gasteiger partial charge in [-0.15, -0.1) is 0 Å². The Morgan fingerprint density at radius 1 is 0.610 bits per heavy atom. The molecule has 236 valence electrons. The van der Waals surface area contributed by atoms with E-state index in [9.17, 15) is 24.3 Å². The Labute approximate surface area is 240 Å². The average molecular weight is 587 g/mol. The molecule has 0 heterocycles. The molecule has 4 atom stereocenters. The summed E-state index contributed by atoms with van der Waals surface area (Å²) in [6, 6.07) is -4.19. The van der Waals surface area contributed by atoms with E-state index in [-0.39, 0.29) is 44.1 Å². The molecule has 0 fully saturated rings. The van der Waals surface area contributed by atoms with E-state index in [4.69, 9.17) is 39.5 Å². The third-order valence-electron chi connectivity index (χ3n) is 6.10. The van der Waals surface area contributed by atoms with Gasteiger partial charge in [0.1, 0.15) is 18.1 Å². The van der Waals surface area contributed by atoms with Crippen LogP contribution in [0.1, 0.15) is 64.2 Å². The van der Waals surface area contributed by atoms with Crippen molar-refractivity contribution in [3.8, 4) is 0 Å². The van der Waals surface area contributed by atoms with Crippen molar-refractivity contribution in [2.45, 2.75) is 88.4 Å². The molecule has 41 heavy (non-hydrogen) atoms. The molecule has 0 aromatic carbocycles. The van der Waals surface area contributed by atoms with E-state index in [1.54, 1.807) is 0 Å². The van der Waals surface area contributed by atoms with Gasteiger partial charge in [-0.25, -0.2) is 4.79 Å². The zero-order valence-electron chi connectivity index (χ0n) is 23.7. The third-order valence-corrected chi connectivity index (χ3v) is 6.10. The van der Waals surface area contributed by atoms with Crippen LogP contribution in [0, 0.1) is 10.8 Å². The first-order chi connectivity index (χ1) is 19.4. The number of aliphatic carboxylic acids is 1. The highest BCUT2D eigenvalue weighted by Crippen LogP contribution is 2.08. The fraction of sp³-hybridized carbons (Fsp3) is 0.750. The Morgan fingerprint density at radius 3 is 1.41 bits per heavy atom. The maximum absolute atomic E-state index is 13.3. The molecule has 0 saturated heterocycles. The molecular formula is C24H50N12O5. The first-order valence-electron chi connectivity index (χ1n) is 13.9. The molecule has 17 nitrogen and oxygen atoms in total. The number of hydrogen-bond donors (Lipinski definition) is 13. The quantitative estimate of drug-likeness (QED) is 0.0317. The minimum absolute atomic E-state index is 0.0718. The summed E-state index contributed by atoms with van der Waals surface area (Å²) in [5, 5.41) is 36.9. The molecule has 0 saturated carbocycles. The molecule has 0 aromatic heterocycles. The number of unbranched alkanes of at least 4 members (excludes halogenated alkanes) is 2. The normalized spacial score (nSPS) is 13.6. The van der Waals surface area contributed by atoms with Gasteiger partial charge in [-0.2, -0.15) is 0 Å². The highest BCUT2D eigenvalue weighted by atomic mass is 16.4. The minimum Gasteiger partial charge on any atom is -0.480 e. The van der Waals surface area contributed by atoms with Crippen LogP contribution in [0.2, 0.25) is 0 Å². The highest BCUT2D eigenvalue weighted by Gasteiger charge is 2.30. The Bertz CT molecular complexity index is 844. The van der Waals surface area contributed by atoms with Crippen molar-refractivity contribution in [3.63, 3.8) is 0 Å². The van der Waals surface area contributed by atoms with Crippen LogP contribution in [0.3, 0.4) is 0 Å². The van der Waals surface area contributed by atoms with Gasteiger partial charge >= 0.3 is 5.97 Å². The van der Waals surface area contributed by atoms with Crippen molar-refractivity contribution in [1.29, 1.82) is 10.8 Å². The van der Waals surface area contributed by atoms with E-state index in [1.807, 2.05) is 0 Å². The lowest BCUT2D eigenvalue weighted by molar-refractivity contribution is -0.142. The van der Waals surface area contributed by atoms with Gasteiger partial charge in [0.05, 0.1) is 6.04 Å². The summed E-state index contributed by atoms with van der Waals surface area (Å²) in [5.41, 5.74) is 27.6. The van der Waals surface area contributed by atoms with Crippen molar-refractivity contribution >= 4 is 35.6 Å². The molecular weight excluding hydrogens is 536 g/mol. The Hall–Kier alpha value is -3.70. The van der Waals surface area contributed by atoms with Gasteiger partial charge in [-0.1, -0.05) is 0 Å². The second-order valence-corrected chi connectivity index (χ2v) is 9.66. The number of nitrogens with two attached hydrogens (primary N) is 5. The van der Waals surface area contributed by atoms with Crippen LogP contribution in [0.15, 0.2) is 0 Å². The molecule has 0 aliphatic heterocycles. The molecule has 0 aliphatic rings. The molecule has 0 aliphatic carbocycles. The van der Waals surface area contributed by atoms with E-state index in [0.717, 1.165) is 0 Å². The summed E-state index contributed by atoms with van der Waals surface area (Å²) in [7, 11) is 0. The van der Waals surface area contributed by atoms with Crippen LogP contribution < -0.4 is 55.3 Å². The van der Waals surface area contributed by atoms with Crippen molar-refractivity contribution < 1.29 is 24.3 Å². The summed E-state index contributed by atoms with van der Waals surface area (Å²) in [6.07, 6.45) is 3.84. The SMILES string of the molecule is N=C(N)NCCC[C@H](NC(=O)[C@H](CCCCN)NC(=O)[C@H](CCCCN)NC(=O)[C@@H](N)CCCNC(=N)N)C(=O)O. The van der Waals surface area contributed by atoms with Gasteiger partial charge in [0.25, 0.3) is 0 Å². The van der Waals surface area contributed by atoms with E-state index in [0.29, 0.717) is 58.2 Å². The molecule has 0 spiro atoms. The fourth-order valence-corrected chi connectivity index (χ4v) is 3.81. The van der Waals surface area contributed by atoms with E-state index in [1.165, 1.54) is 0 Å². The van der Waals surface area contributed by atoms with Crippen LogP contribution in [0.4, 0.5) is 0 Å². The highest BCUT2D eigenvalue weighted by molar-refractivity contribution is 5.94. The number of carbonyl (C=O) groups is 4. The number of carboxylic acids is 1. The summed E-state index contributed by atoms with van der Waals surface area (Å²) >= 11 is 0. The first kappa shape index (κ1) is 37.3. The Morgan fingerprint density at radius 2 is 1.00 bits per heavy atom. The van der Waals surface area contributed by atoms with Crippen LogP contribution in [-0.4, -0.2) is 91.1 Å². The number of hydrogen-bond acceptors (Lipinski definition) is 9. The second kappa shape index (κ2) is 22.0. The number of rotatable bonds is 23. The number of carbonyl (C=O) groups excluding carboxylic acids is 3. The standard InChI is InChI=1S/C24H50N12O5/c25-11-3-1-8-16(34-19(37)15(27)7-5-13-32-23(28)29)20(38)35-17(9-2-4-12-26)21(39)36-18(22(40)41)10-6-14-33-24(30)31/h15-18H,1-14,25-27H2,(H,34,37)(H,35,38)(H,36,39)(H,40,41)(H4,28,29,32)(H4,30,31,33)/t15-,16-,17-,18-/m0/s1. The van der Waals surface area contributed by atoms with E-state index in [2.05, 4.69) is 26.6 Å². The molecule has 0 radical (unpaired) electrons. The zero-order valence-corrected chi connectivity index (χ0v) is 23.7. The topological polar surface area (TPSA) is 326 Å². The Balaban J connectivity index is 5.43. The van der Waals surface area contributed by atoms with Crippen LogP contribution >= 0.6 is 0 Å². The van der Waals surface area contributed by atoms with E-state index < -0.39 is 47.9 Å². The molecule has 3 amide bonds. The lowest BCUT2D eigenvalue weighted by atomic mass is 10.0. The van der Waals surface area contributed by atoms with Crippen molar-refractivity contribution in [1.82, 2.24) is 26.6 Å². The molecule has 0 aromatic rings. The van der Waals surface area contributed by atoms with Gasteiger partial charge in [0.15, 0.2) is 11.9 Å². The molecule has 0 rings (SSSR count). The van der Waals surface area contributed by atoms with Crippen molar-refractivity contribution in [2.24, 2.45) is 28.7 Å². The summed E-state index contributed by atoms with van der Waals surface area (Å²) < 4.78 is 0. The van der Waals surface area contributed by atoms with Gasteiger partial charge < -0.3 is 60.4 Å². The van der Waals surface area contributed by atoms with E-state index >= 15 is 0 Å². The monoisotopic (exact) mass is 586 g/mol. The number of amides is 3. The molecule has 18 N–H and O–H groups in total. The average Bonchev–Trinajstić information content (AvgIpc) is 2.90. The lowest BCUT2D eigenvalue weighted by Gasteiger charge is -2.25. The largest absolute Gasteiger partial charge is 0.480 e. The Kier molecular flexibility index (Phi) is 20.1. The minimum atomic E-state index is -1.24. The van der Waals surface area contributed by atoms with Crippen LogP contribution in [0.25, 0.3) is 0 Å². The number of carboxylic acid groups (broad SMARTS) is 1. The maximum atomic E-state index is 13.3.